The number of amidine groups is 1. The average molecular weight is 705 g/mol. The smallest absolute Gasteiger partial charge is 0.326 e. The zero-order valence-electron chi connectivity index (χ0n) is 29.9. The van der Waals surface area contributed by atoms with Gasteiger partial charge in [0.2, 0.25) is 0 Å². The zero-order valence-corrected chi connectivity index (χ0v) is 31.4. The Morgan fingerprint density at radius 1 is 0.796 bits per heavy atom. The van der Waals surface area contributed by atoms with Crippen molar-refractivity contribution in [2.45, 2.75) is 70.9 Å². The van der Waals surface area contributed by atoms with Gasteiger partial charge in [-0.15, -0.1) is 0 Å². The minimum atomic E-state index is -0.934. The van der Waals surface area contributed by atoms with Crippen LogP contribution in [0, 0.1) is 0 Å². The molecule has 9 heteroatoms. The van der Waals surface area contributed by atoms with Crippen LogP contribution in [-0.2, 0) is 16.5 Å². The Hall–Kier alpha value is -3.10. The number of hydrogen-bond donors (Lipinski definition) is 0. The number of aliphatic imine (C=N–C) groups is 1. The first-order valence-corrected chi connectivity index (χ1v) is 18.5. The lowest BCUT2D eigenvalue weighted by Crippen LogP contribution is -2.61. The Morgan fingerprint density at radius 3 is 1.90 bits per heavy atom. The molecule has 6 rings (SSSR count). The number of ether oxygens (including phenoxy) is 1. The Kier molecular flexibility index (Phi) is 10.4. The van der Waals surface area contributed by atoms with Crippen LogP contribution in [0.2, 0.25) is 10.0 Å². The van der Waals surface area contributed by atoms with E-state index in [2.05, 4.69) is 62.6 Å². The molecular weight excluding hydrogens is 653 g/mol. The van der Waals surface area contributed by atoms with E-state index < -0.39 is 11.1 Å². The first-order chi connectivity index (χ1) is 23.3. The minimum absolute atomic E-state index is 0.0598. The van der Waals surface area contributed by atoms with Crippen molar-refractivity contribution in [3.8, 4) is 5.75 Å². The normalized spacial score (nSPS) is 23.6. The molecule has 0 bridgehead atoms. The highest BCUT2D eigenvalue weighted by molar-refractivity contribution is 6.30. The van der Waals surface area contributed by atoms with Gasteiger partial charge < -0.3 is 14.5 Å². The number of hydrogen-bond acceptors (Lipinski definition) is 5. The van der Waals surface area contributed by atoms with Crippen LogP contribution in [0.15, 0.2) is 71.7 Å². The molecule has 0 radical (unpaired) electrons. The number of likely N-dealkylation sites (tertiary alicyclic amines) is 1. The van der Waals surface area contributed by atoms with Gasteiger partial charge in [0.1, 0.15) is 22.7 Å². The van der Waals surface area contributed by atoms with Crippen molar-refractivity contribution in [1.82, 2.24) is 19.6 Å². The number of amides is 2. The summed E-state index contributed by atoms with van der Waals surface area (Å²) in [6.45, 7) is 20.8. The Morgan fingerprint density at radius 2 is 1.35 bits per heavy atom. The topological polar surface area (TPSA) is 51.6 Å². The molecule has 2 saturated heterocycles. The summed E-state index contributed by atoms with van der Waals surface area (Å²) >= 11 is 12.9. The van der Waals surface area contributed by atoms with Gasteiger partial charge in [-0.05, 0) is 105 Å². The van der Waals surface area contributed by atoms with Crippen molar-refractivity contribution >= 4 is 35.1 Å². The quantitative estimate of drug-likeness (QED) is 0.236. The van der Waals surface area contributed by atoms with Crippen LogP contribution < -0.4 is 4.74 Å². The molecule has 0 aromatic heterocycles. The summed E-state index contributed by atoms with van der Waals surface area (Å²) in [4.78, 5) is 29.8. The highest BCUT2D eigenvalue weighted by Gasteiger charge is 2.60. The van der Waals surface area contributed by atoms with Gasteiger partial charge in [-0.2, -0.15) is 0 Å². The molecule has 2 unspecified atom stereocenters. The predicted octanol–water partition coefficient (Wildman–Crippen LogP) is 8.42. The zero-order chi connectivity index (χ0) is 35.0. The van der Waals surface area contributed by atoms with Gasteiger partial charge in [0.15, 0.2) is 0 Å². The van der Waals surface area contributed by atoms with E-state index in [1.807, 2.05) is 65.3 Å². The Balaban J connectivity index is 1.46. The summed E-state index contributed by atoms with van der Waals surface area (Å²) in [7, 11) is 0. The van der Waals surface area contributed by atoms with Crippen molar-refractivity contribution in [1.29, 1.82) is 0 Å². The molecule has 2 amide bonds. The first-order valence-electron chi connectivity index (χ1n) is 17.8. The Bertz CT molecular complexity index is 1660. The molecule has 3 aliphatic rings. The van der Waals surface area contributed by atoms with Crippen molar-refractivity contribution in [2.75, 3.05) is 59.0 Å². The molecule has 0 saturated carbocycles. The van der Waals surface area contributed by atoms with E-state index in [0.29, 0.717) is 35.6 Å². The van der Waals surface area contributed by atoms with E-state index in [4.69, 9.17) is 32.9 Å². The van der Waals surface area contributed by atoms with Gasteiger partial charge in [0, 0.05) is 49.3 Å². The van der Waals surface area contributed by atoms with E-state index in [9.17, 15) is 0 Å². The Labute approximate surface area is 302 Å². The molecule has 3 aromatic carbocycles. The van der Waals surface area contributed by atoms with Gasteiger partial charge >= 0.3 is 6.03 Å². The molecule has 0 aliphatic carbocycles. The summed E-state index contributed by atoms with van der Waals surface area (Å²) in [6.07, 6.45) is 2.60. The van der Waals surface area contributed by atoms with Crippen LogP contribution in [-0.4, -0.2) is 90.4 Å². The van der Waals surface area contributed by atoms with E-state index in [1.165, 1.54) is 25.9 Å². The monoisotopic (exact) mass is 703 g/mol. The predicted molar refractivity (Wildman–Crippen MR) is 201 cm³/mol. The molecule has 3 heterocycles. The molecule has 3 aromatic rings. The number of urea groups is 1. The fourth-order valence-electron chi connectivity index (χ4n) is 7.61. The van der Waals surface area contributed by atoms with Crippen molar-refractivity contribution in [3.05, 3.63) is 99.0 Å². The number of piperazine rings is 1. The second-order valence-electron chi connectivity index (χ2n) is 15.0. The summed E-state index contributed by atoms with van der Waals surface area (Å²) < 4.78 is 6.34. The number of benzene rings is 3. The summed E-state index contributed by atoms with van der Waals surface area (Å²) in [5.74, 6) is 1.32. The number of halogens is 2. The van der Waals surface area contributed by atoms with Gasteiger partial charge in [0.25, 0.3) is 0 Å². The third kappa shape index (κ3) is 6.97. The summed E-state index contributed by atoms with van der Waals surface area (Å²) in [6, 6.07) is 22.0. The molecule has 49 heavy (non-hydrogen) atoms. The largest absolute Gasteiger partial charge is 0.493 e. The highest BCUT2D eigenvalue weighted by Crippen LogP contribution is 2.54. The molecule has 7 nitrogen and oxygen atoms in total. The maximum atomic E-state index is 15.2. The highest BCUT2D eigenvalue weighted by atomic mass is 35.5. The van der Waals surface area contributed by atoms with Crippen molar-refractivity contribution in [3.63, 3.8) is 0 Å². The van der Waals surface area contributed by atoms with E-state index in [-0.39, 0.29) is 11.4 Å². The maximum Gasteiger partial charge on any atom is 0.326 e. The molecule has 2 atom stereocenters. The van der Waals surface area contributed by atoms with Crippen LogP contribution in [0.25, 0.3) is 0 Å². The average Bonchev–Trinajstić information content (AvgIpc) is 3.69. The third-order valence-electron chi connectivity index (χ3n) is 10.9. The van der Waals surface area contributed by atoms with Crippen LogP contribution >= 0.6 is 23.2 Å². The fraction of sp³-hybridized carbons (Fsp3) is 0.500. The number of rotatable bonds is 8. The molecule has 2 fully saturated rings. The van der Waals surface area contributed by atoms with Crippen molar-refractivity contribution < 1.29 is 9.53 Å². The molecule has 3 aliphatic heterocycles. The minimum Gasteiger partial charge on any atom is -0.493 e. The molecule has 0 spiro atoms. The maximum absolute atomic E-state index is 15.2. The van der Waals surface area contributed by atoms with E-state index in [1.54, 1.807) is 0 Å². The van der Waals surface area contributed by atoms with Crippen LogP contribution in [0.3, 0.4) is 0 Å². The molecule has 262 valence electrons. The van der Waals surface area contributed by atoms with Gasteiger partial charge in [0.05, 0.1) is 12.2 Å². The lowest BCUT2D eigenvalue weighted by atomic mass is 9.71. The number of carbonyl (C=O) groups is 1. The second-order valence-corrected chi connectivity index (χ2v) is 15.9. The second kappa shape index (κ2) is 14.3. The number of carbonyl (C=O) groups excluding carboxylic acids is 1. The van der Waals surface area contributed by atoms with Crippen LogP contribution in [0.5, 0.6) is 5.75 Å². The summed E-state index contributed by atoms with van der Waals surface area (Å²) in [5, 5.41) is 1.29. The van der Waals surface area contributed by atoms with Crippen LogP contribution in [0.1, 0.15) is 76.6 Å². The van der Waals surface area contributed by atoms with Crippen LogP contribution in [0.4, 0.5) is 4.79 Å². The van der Waals surface area contributed by atoms with Crippen molar-refractivity contribution in [2.24, 2.45) is 4.99 Å². The van der Waals surface area contributed by atoms with E-state index >= 15 is 4.79 Å². The van der Waals surface area contributed by atoms with Gasteiger partial charge in [-0.25, -0.2) is 4.79 Å². The fourth-order valence-corrected chi connectivity index (χ4v) is 7.86. The standard InChI is InChI=1S/C40H51Cl2N5O2/c1-7-49-35-28-31(38(2,3)4)14-19-34(35)36-43-39(5,29-10-15-32(41)16-11-29)40(6,30-12-17-33(42)18-13-30)47(36)37(48)46-26-24-45(25-27-46)23-22-44-20-8-9-21-44/h10-19,28H,7-9,20-27H2,1-6H3. The molecular formula is C40H51Cl2N5O2. The van der Waals surface area contributed by atoms with Gasteiger partial charge in [-0.3, -0.25) is 14.8 Å². The lowest BCUT2D eigenvalue weighted by Gasteiger charge is -2.47. The lowest BCUT2D eigenvalue weighted by molar-refractivity contribution is 0.0845. The summed E-state index contributed by atoms with van der Waals surface area (Å²) in [5.41, 5.74) is 1.94. The van der Waals surface area contributed by atoms with Gasteiger partial charge in [-0.1, -0.05) is 74.3 Å². The SMILES string of the molecule is CCOc1cc(C(C)(C)C)ccc1C1=NC(C)(c2ccc(Cl)cc2)C(C)(c2ccc(Cl)cc2)N1C(=O)N1CCN(CCN2CCCC2)CC1. The third-order valence-corrected chi connectivity index (χ3v) is 11.4. The van der Waals surface area contributed by atoms with E-state index in [0.717, 1.165) is 54.2 Å². The molecule has 0 N–H and O–H groups in total. The first kappa shape index (κ1) is 35.7. The number of nitrogens with zero attached hydrogens (tertiary/aromatic N) is 5.